The molecule has 0 aliphatic heterocycles. The van der Waals surface area contributed by atoms with Crippen LogP contribution in [0.1, 0.15) is 16.8 Å². The van der Waals surface area contributed by atoms with Crippen LogP contribution in [0.25, 0.3) is 5.52 Å². The molecule has 0 spiro atoms. The van der Waals surface area contributed by atoms with E-state index in [1.807, 2.05) is 22.8 Å². The van der Waals surface area contributed by atoms with Crippen LogP contribution in [0, 0.1) is 6.92 Å². The minimum absolute atomic E-state index is 0.799. The first-order chi connectivity index (χ1) is 10.8. The van der Waals surface area contributed by atoms with Gasteiger partial charge in [0.1, 0.15) is 0 Å². The number of pyridine rings is 1. The van der Waals surface area contributed by atoms with Crippen molar-refractivity contribution in [1.29, 1.82) is 0 Å². The Morgan fingerprint density at radius 3 is 2.50 bits per heavy atom. The minimum atomic E-state index is 0.799. The molecule has 1 aromatic carbocycles. The molecule has 2 heterocycles. The molecule has 0 amide bonds. The standard InChI is InChI=1S/C18H22N4/c1-15-5-7-16(8-6-15)13-19-9-10-20-14-17-12-18-4-2-3-11-22(18)21-17/h2-8,11-12,19-20H,9-10,13-14H2,1H3. The van der Waals surface area contributed by atoms with Crippen molar-refractivity contribution in [2.75, 3.05) is 13.1 Å². The summed E-state index contributed by atoms with van der Waals surface area (Å²) in [5, 5.41) is 11.4. The van der Waals surface area contributed by atoms with Crippen molar-refractivity contribution in [3.8, 4) is 0 Å². The Hall–Kier alpha value is -2.17. The van der Waals surface area contributed by atoms with E-state index in [1.165, 1.54) is 11.1 Å². The summed E-state index contributed by atoms with van der Waals surface area (Å²) in [5.41, 5.74) is 4.84. The number of rotatable bonds is 7. The molecule has 0 saturated carbocycles. The minimum Gasteiger partial charge on any atom is -0.311 e. The molecule has 0 unspecified atom stereocenters. The van der Waals surface area contributed by atoms with E-state index >= 15 is 0 Å². The van der Waals surface area contributed by atoms with Crippen LogP contribution in [0.4, 0.5) is 0 Å². The van der Waals surface area contributed by atoms with Gasteiger partial charge in [-0.15, -0.1) is 0 Å². The van der Waals surface area contributed by atoms with Crippen LogP contribution in [-0.4, -0.2) is 22.7 Å². The molecular formula is C18H22N4. The summed E-state index contributed by atoms with van der Waals surface area (Å²) in [5.74, 6) is 0. The highest BCUT2D eigenvalue weighted by molar-refractivity contribution is 5.46. The lowest BCUT2D eigenvalue weighted by Gasteiger charge is -2.06. The Morgan fingerprint density at radius 1 is 0.955 bits per heavy atom. The largest absolute Gasteiger partial charge is 0.311 e. The SMILES string of the molecule is Cc1ccc(CNCCNCc2cc3ccccn3n2)cc1. The molecule has 22 heavy (non-hydrogen) atoms. The van der Waals surface area contributed by atoms with E-state index in [0.29, 0.717) is 0 Å². The third-order valence-electron chi connectivity index (χ3n) is 3.65. The Morgan fingerprint density at radius 2 is 1.73 bits per heavy atom. The lowest BCUT2D eigenvalue weighted by Crippen LogP contribution is -2.26. The number of benzene rings is 1. The van der Waals surface area contributed by atoms with Crippen LogP contribution >= 0.6 is 0 Å². The summed E-state index contributed by atoms with van der Waals surface area (Å²) in [7, 11) is 0. The molecule has 4 nitrogen and oxygen atoms in total. The van der Waals surface area contributed by atoms with Gasteiger partial charge in [-0.3, -0.25) is 0 Å². The molecule has 0 atom stereocenters. The zero-order valence-electron chi connectivity index (χ0n) is 12.9. The van der Waals surface area contributed by atoms with Crippen LogP contribution in [-0.2, 0) is 13.1 Å². The highest BCUT2D eigenvalue weighted by atomic mass is 15.2. The van der Waals surface area contributed by atoms with Gasteiger partial charge < -0.3 is 10.6 Å². The molecule has 0 aliphatic rings. The zero-order valence-corrected chi connectivity index (χ0v) is 12.9. The maximum Gasteiger partial charge on any atom is 0.0773 e. The lowest BCUT2D eigenvalue weighted by atomic mass is 10.1. The third-order valence-corrected chi connectivity index (χ3v) is 3.65. The number of hydrogen-bond acceptors (Lipinski definition) is 3. The molecule has 0 aliphatic carbocycles. The van der Waals surface area contributed by atoms with Gasteiger partial charge in [-0.25, -0.2) is 4.52 Å². The average Bonchev–Trinajstić information content (AvgIpc) is 2.95. The highest BCUT2D eigenvalue weighted by Crippen LogP contribution is 2.05. The molecule has 2 N–H and O–H groups in total. The fraction of sp³-hybridized carbons (Fsp3) is 0.278. The van der Waals surface area contributed by atoms with Crippen molar-refractivity contribution < 1.29 is 0 Å². The van der Waals surface area contributed by atoms with E-state index in [-0.39, 0.29) is 0 Å². The molecule has 0 saturated heterocycles. The number of nitrogens with one attached hydrogen (secondary N) is 2. The topological polar surface area (TPSA) is 41.4 Å². The van der Waals surface area contributed by atoms with Gasteiger partial charge in [0.05, 0.1) is 11.2 Å². The normalized spacial score (nSPS) is 11.1. The molecule has 4 heteroatoms. The quantitative estimate of drug-likeness (QED) is 0.658. The Bertz CT molecular complexity index is 682. The van der Waals surface area contributed by atoms with E-state index in [0.717, 1.165) is 37.4 Å². The number of hydrogen-bond donors (Lipinski definition) is 2. The summed E-state index contributed by atoms with van der Waals surface area (Å²) >= 11 is 0. The summed E-state index contributed by atoms with van der Waals surface area (Å²) in [6, 6.07) is 16.9. The fourth-order valence-electron chi connectivity index (χ4n) is 2.41. The second-order valence-electron chi connectivity index (χ2n) is 5.54. The molecule has 3 aromatic rings. The molecule has 3 rings (SSSR count). The van der Waals surface area contributed by atoms with Gasteiger partial charge >= 0.3 is 0 Å². The van der Waals surface area contributed by atoms with Crippen LogP contribution < -0.4 is 10.6 Å². The molecule has 114 valence electrons. The summed E-state index contributed by atoms with van der Waals surface area (Å²) in [6.45, 7) is 5.70. The second-order valence-corrected chi connectivity index (χ2v) is 5.54. The Balaban J connectivity index is 1.36. The number of nitrogens with zero attached hydrogens (tertiary/aromatic N) is 2. The van der Waals surface area contributed by atoms with Crippen LogP contribution in [0.3, 0.4) is 0 Å². The first-order valence-corrected chi connectivity index (χ1v) is 7.71. The van der Waals surface area contributed by atoms with Gasteiger partial charge in [0.2, 0.25) is 0 Å². The van der Waals surface area contributed by atoms with E-state index in [2.05, 4.69) is 59.1 Å². The highest BCUT2D eigenvalue weighted by Gasteiger charge is 1.99. The van der Waals surface area contributed by atoms with Crippen LogP contribution in [0.5, 0.6) is 0 Å². The van der Waals surface area contributed by atoms with E-state index in [1.54, 1.807) is 0 Å². The Labute approximate surface area is 131 Å². The second kappa shape index (κ2) is 7.20. The Kier molecular flexibility index (Phi) is 4.83. The maximum atomic E-state index is 4.52. The molecule has 0 fully saturated rings. The number of fused-ring (bicyclic) bond motifs is 1. The van der Waals surface area contributed by atoms with Crippen molar-refractivity contribution in [2.45, 2.75) is 20.0 Å². The smallest absolute Gasteiger partial charge is 0.0773 e. The fourth-order valence-corrected chi connectivity index (χ4v) is 2.41. The van der Waals surface area contributed by atoms with Crippen LogP contribution in [0.15, 0.2) is 54.7 Å². The molecular weight excluding hydrogens is 272 g/mol. The lowest BCUT2D eigenvalue weighted by molar-refractivity contribution is 0.604. The van der Waals surface area contributed by atoms with Crippen molar-refractivity contribution in [3.05, 3.63) is 71.5 Å². The number of aryl methyl sites for hydroxylation is 1. The third kappa shape index (κ3) is 3.93. The van der Waals surface area contributed by atoms with Crippen molar-refractivity contribution in [2.24, 2.45) is 0 Å². The summed E-state index contributed by atoms with van der Waals surface area (Å²) in [4.78, 5) is 0. The van der Waals surface area contributed by atoms with Crippen LogP contribution in [0.2, 0.25) is 0 Å². The summed E-state index contributed by atoms with van der Waals surface area (Å²) < 4.78 is 1.91. The molecule has 2 aromatic heterocycles. The zero-order chi connectivity index (χ0) is 15.2. The van der Waals surface area contributed by atoms with Gasteiger partial charge in [-0.05, 0) is 30.7 Å². The number of aromatic nitrogens is 2. The first kappa shape index (κ1) is 14.8. The molecule has 0 bridgehead atoms. The van der Waals surface area contributed by atoms with Crippen molar-refractivity contribution in [3.63, 3.8) is 0 Å². The monoisotopic (exact) mass is 294 g/mol. The molecule has 0 radical (unpaired) electrons. The van der Waals surface area contributed by atoms with E-state index in [9.17, 15) is 0 Å². The van der Waals surface area contributed by atoms with Gasteiger partial charge in [-0.2, -0.15) is 5.10 Å². The predicted octanol–water partition coefficient (Wildman–Crippen LogP) is 2.52. The van der Waals surface area contributed by atoms with Gasteiger partial charge in [0.25, 0.3) is 0 Å². The van der Waals surface area contributed by atoms with Gasteiger partial charge in [0.15, 0.2) is 0 Å². The first-order valence-electron chi connectivity index (χ1n) is 7.71. The predicted molar refractivity (Wildman–Crippen MR) is 89.8 cm³/mol. The maximum absolute atomic E-state index is 4.52. The van der Waals surface area contributed by atoms with Gasteiger partial charge in [0, 0.05) is 32.4 Å². The van der Waals surface area contributed by atoms with E-state index < -0.39 is 0 Å². The van der Waals surface area contributed by atoms with E-state index in [4.69, 9.17) is 0 Å². The summed E-state index contributed by atoms with van der Waals surface area (Å²) in [6.07, 6.45) is 1.97. The van der Waals surface area contributed by atoms with Crippen molar-refractivity contribution in [1.82, 2.24) is 20.2 Å². The van der Waals surface area contributed by atoms with Crippen molar-refractivity contribution >= 4 is 5.52 Å². The average molecular weight is 294 g/mol. The van der Waals surface area contributed by atoms with Gasteiger partial charge in [-0.1, -0.05) is 35.9 Å².